The molecule has 0 bridgehead atoms. The number of hydrogen-bond donors (Lipinski definition) is 2. The van der Waals surface area contributed by atoms with E-state index in [1.54, 1.807) is 12.5 Å². The van der Waals surface area contributed by atoms with Gasteiger partial charge in [-0.05, 0) is 37.1 Å². The molecule has 1 aliphatic carbocycles. The zero-order chi connectivity index (χ0) is 16.1. The van der Waals surface area contributed by atoms with Gasteiger partial charge in [-0.1, -0.05) is 18.2 Å². The van der Waals surface area contributed by atoms with Crippen molar-refractivity contribution < 1.29 is 4.79 Å². The van der Waals surface area contributed by atoms with Gasteiger partial charge in [-0.15, -0.1) is 0 Å². The molecule has 1 aromatic heterocycles. The Labute approximate surface area is 140 Å². The molecule has 1 aliphatic rings. The first kappa shape index (κ1) is 15.9. The van der Waals surface area contributed by atoms with E-state index in [4.69, 9.17) is 0 Å². The minimum absolute atomic E-state index is 0.0859. The summed E-state index contributed by atoms with van der Waals surface area (Å²) in [5.41, 5.74) is 2.10. The van der Waals surface area contributed by atoms with Crippen LogP contribution in [0.5, 0.6) is 0 Å². The van der Waals surface area contributed by atoms with Crippen LogP contribution in [-0.2, 0) is 6.54 Å². The van der Waals surface area contributed by atoms with Gasteiger partial charge in [-0.3, -0.25) is 0 Å². The molecule has 2 amide bonds. The van der Waals surface area contributed by atoms with Crippen molar-refractivity contribution in [2.24, 2.45) is 0 Å². The van der Waals surface area contributed by atoms with E-state index in [1.807, 2.05) is 46.8 Å². The minimum Gasteiger partial charge on any atom is -0.335 e. The highest BCUT2D eigenvalue weighted by Crippen LogP contribution is 2.28. The van der Waals surface area contributed by atoms with Crippen molar-refractivity contribution in [2.45, 2.75) is 37.1 Å². The third-order valence-electron chi connectivity index (χ3n) is 4.27. The van der Waals surface area contributed by atoms with E-state index >= 15 is 0 Å². The molecule has 0 spiro atoms. The van der Waals surface area contributed by atoms with Crippen LogP contribution in [0.2, 0.25) is 0 Å². The van der Waals surface area contributed by atoms with E-state index in [0.717, 1.165) is 24.1 Å². The first-order valence-corrected chi connectivity index (χ1v) is 9.18. The fourth-order valence-electron chi connectivity index (χ4n) is 3.01. The maximum atomic E-state index is 12.1. The third-order valence-corrected chi connectivity index (χ3v) is 5.36. The fourth-order valence-corrected chi connectivity index (χ4v) is 3.81. The second kappa shape index (κ2) is 7.55. The molecule has 2 N–H and O–H groups in total. The van der Waals surface area contributed by atoms with Crippen LogP contribution in [0.15, 0.2) is 43.0 Å². The molecule has 6 heteroatoms. The van der Waals surface area contributed by atoms with Crippen LogP contribution in [0.1, 0.15) is 24.8 Å². The standard InChI is InChI=1S/C17H22N4OS/c1-23-15-7-6-14(10-15)20-17(22)19-11-13-4-2-3-5-16(13)21-9-8-18-12-21/h2-5,8-9,12,14-15H,6-7,10-11H2,1H3,(H2,19,20,22)/t14-,15-/m1/s1. The molecular weight excluding hydrogens is 308 g/mol. The minimum atomic E-state index is -0.0859. The number of thioether (sulfide) groups is 1. The highest BCUT2D eigenvalue weighted by molar-refractivity contribution is 7.99. The summed E-state index contributed by atoms with van der Waals surface area (Å²) in [4.78, 5) is 16.2. The van der Waals surface area contributed by atoms with Crippen LogP contribution in [0.25, 0.3) is 5.69 Å². The number of aromatic nitrogens is 2. The molecule has 1 aromatic carbocycles. The number of urea groups is 1. The second-order valence-corrected chi connectivity index (χ2v) is 6.93. The number of benzene rings is 1. The maximum Gasteiger partial charge on any atom is 0.315 e. The number of rotatable bonds is 5. The fraction of sp³-hybridized carbons (Fsp3) is 0.412. The Morgan fingerprint density at radius 1 is 1.39 bits per heavy atom. The molecule has 0 aliphatic heterocycles. The Bertz CT molecular complexity index is 644. The highest BCUT2D eigenvalue weighted by atomic mass is 32.2. The lowest BCUT2D eigenvalue weighted by Crippen LogP contribution is -2.40. The van der Waals surface area contributed by atoms with Gasteiger partial charge in [-0.2, -0.15) is 11.8 Å². The Kier molecular flexibility index (Phi) is 5.23. The topological polar surface area (TPSA) is 59.0 Å². The average Bonchev–Trinajstić information content (AvgIpc) is 3.25. The number of para-hydroxylation sites is 1. The highest BCUT2D eigenvalue weighted by Gasteiger charge is 2.24. The van der Waals surface area contributed by atoms with Crippen LogP contribution < -0.4 is 10.6 Å². The van der Waals surface area contributed by atoms with Gasteiger partial charge in [0.25, 0.3) is 0 Å². The lowest BCUT2D eigenvalue weighted by Gasteiger charge is -2.15. The van der Waals surface area contributed by atoms with Gasteiger partial charge in [0.15, 0.2) is 0 Å². The van der Waals surface area contributed by atoms with E-state index in [0.29, 0.717) is 17.8 Å². The number of hydrogen-bond acceptors (Lipinski definition) is 3. The van der Waals surface area contributed by atoms with Crippen LogP contribution in [-0.4, -0.2) is 33.1 Å². The molecule has 1 heterocycles. The van der Waals surface area contributed by atoms with Crippen molar-refractivity contribution in [3.05, 3.63) is 48.5 Å². The van der Waals surface area contributed by atoms with Gasteiger partial charge in [0, 0.05) is 30.2 Å². The summed E-state index contributed by atoms with van der Waals surface area (Å²) < 4.78 is 1.95. The van der Waals surface area contributed by atoms with Gasteiger partial charge in [0.2, 0.25) is 0 Å². The van der Waals surface area contributed by atoms with Crippen molar-refractivity contribution in [1.29, 1.82) is 0 Å². The molecule has 0 saturated heterocycles. The quantitative estimate of drug-likeness (QED) is 0.886. The monoisotopic (exact) mass is 330 g/mol. The van der Waals surface area contributed by atoms with Crippen LogP contribution in [0, 0.1) is 0 Å². The zero-order valence-corrected chi connectivity index (χ0v) is 14.1. The van der Waals surface area contributed by atoms with Crippen molar-refractivity contribution >= 4 is 17.8 Å². The SMILES string of the molecule is CS[C@@H]1CC[C@@H](NC(=O)NCc2ccccc2-n2ccnc2)C1. The molecule has 0 unspecified atom stereocenters. The van der Waals surface area contributed by atoms with E-state index in [2.05, 4.69) is 21.9 Å². The van der Waals surface area contributed by atoms with Crippen LogP contribution >= 0.6 is 11.8 Å². The van der Waals surface area contributed by atoms with Crippen molar-refractivity contribution in [1.82, 2.24) is 20.2 Å². The van der Waals surface area contributed by atoms with Crippen molar-refractivity contribution in [2.75, 3.05) is 6.26 Å². The Hall–Kier alpha value is -1.95. The molecule has 1 fully saturated rings. The van der Waals surface area contributed by atoms with Crippen LogP contribution in [0.3, 0.4) is 0 Å². The number of nitrogens with one attached hydrogen (secondary N) is 2. The third kappa shape index (κ3) is 4.07. The number of imidazole rings is 1. The Morgan fingerprint density at radius 2 is 2.26 bits per heavy atom. The first-order valence-electron chi connectivity index (χ1n) is 7.89. The van der Waals surface area contributed by atoms with Gasteiger partial charge < -0.3 is 15.2 Å². The van der Waals surface area contributed by atoms with E-state index in [1.165, 1.54) is 6.42 Å². The summed E-state index contributed by atoms with van der Waals surface area (Å²) in [5, 5.41) is 6.74. The largest absolute Gasteiger partial charge is 0.335 e. The number of carbonyl (C=O) groups is 1. The van der Waals surface area contributed by atoms with Gasteiger partial charge in [0.1, 0.15) is 0 Å². The van der Waals surface area contributed by atoms with Crippen molar-refractivity contribution in [3.8, 4) is 5.69 Å². The summed E-state index contributed by atoms with van der Waals surface area (Å²) in [6, 6.07) is 8.23. The van der Waals surface area contributed by atoms with Gasteiger partial charge in [0.05, 0.1) is 12.0 Å². The summed E-state index contributed by atoms with van der Waals surface area (Å²) in [7, 11) is 0. The lowest BCUT2D eigenvalue weighted by molar-refractivity contribution is 0.236. The molecule has 1 saturated carbocycles. The second-order valence-electron chi connectivity index (χ2n) is 5.79. The molecule has 23 heavy (non-hydrogen) atoms. The number of nitrogens with zero attached hydrogens (tertiary/aromatic N) is 2. The van der Waals surface area contributed by atoms with Gasteiger partial charge >= 0.3 is 6.03 Å². The number of amides is 2. The zero-order valence-electron chi connectivity index (χ0n) is 13.2. The molecule has 122 valence electrons. The normalized spacial score (nSPS) is 20.4. The molecule has 5 nitrogen and oxygen atoms in total. The Morgan fingerprint density at radius 3 is 3.00 bits per heavy atom. The predicted molar refractivity (Wildman–Crippen MR) is 93.9 cm³/mol. The number of carbonyl (C=O) groups excluding carboxylic acids is 1. The first-order chi connectivity index (χ1) is 11.3. The average molecular weight is 330 g/mol. The summed E-state index contributed by atoms with van der Waals surface area (Å²) >= 11 is 1.89. The summed E-state index contributed by atoms with van der Waals surface area (Å²) in [5.74, 6) is 0. The van der Waals surface area contributed by atoms with E-state index in [9.17, 15) is 4.79 Å². The van der Waals surface area contributed by atoms with E-state index < -0.39 is 0 Å². The van der Waals surface area contributed by atoms with Crippen molar-refractivity contribution in [3.63, 3.8) is 0 Å². The predicted octanol–water partition coefficient (Wildman–Crippen LogP) is 2.96. The van der Waals surface area contributed by atoms with Gasteiger partial charge in [-0.25, -0.2) is 9.78 Å². The molecule has 3 rings (SSSR count). The maximum absolute atomic E-state index is 12.1. The van der Waals surface area contributed by atoms with E-state index in [-0.39, 0.29) is 6.03 Å². The molecule has 2 atom stereocenters. The summed E-state index contributed by atoms with van der Waals surface area (Å²) in [6.07, 6.45) is 10.9. The smallest absolute Gasteiger partial charge is 0.315 e. The molecular formula is C17H22N4OS. The molecule has 0 radical (unpaired) electrons. The Balaban J connectivity index is 1.56. The summed E-state index contributed by atoms with van der Waals surface area (Å²) in [6.45, 7) is 0.499. The molecule has 2 aromatic rings. The van der Waals surface area contributed by atoms with Crippen LogP contribution in [0.4, 0.5) is 4.79 Å². The lowest BCUT2D eigenvalue weighted by atomic mass is 10.1.